The molecule has 0 bridgehead atoms. The number of rotatable bonds is 5. The molecule has 1 aromatic rings. The van der Waals surface area contributed by atoms with Crippen LogP contribution in [-0.2, 0) is 13.5 Å². The van der Waals surface area contributed by atoms with Crippen LogP contribution in [0.5, 0.6) is 0 Å². The molecule has 0 saturated heterocycles. The number of alkyl halides is 1. The van der Waals surface area contributed by atoms with E-state index in [2.05, 4.69) is 17.2 Å². The summed E-state index contributed by atoms with van der Waals surface area (Å²) >= 11 is 5.66. The highest BCUT2D eigenvalue weighted by molar-refractivity contribution is 6.18. The highest BCUT2D eigenvalue weighted by atomic mass is 35.5. The summed E-state index contributed by atoms with van der Waals surface area (Å²) in [7, 11) is 2.01. The molecule has 1 rings (SSSR count). The lowest BCUT2D eigenvalue weighted by atomic mass is 10.3. The maximum atomic E-state index is 5.66. The van der Waals surface area contributed by atoms with Crippen LogP contribution in [0, 0.1) is 0 Å². The van der Waals surface area contributed by atoms with Gasteiger partial charge in [0.1, 0.15) is 5.82 Å². The Balaban J connectivity index is 2.24. The SMILES string of the molecule is CC(CCl)NCCc1nccn1C. The summed E-state index contributed by atoms with van der Waals surface area (Å²) in [5.41, 5.74) is 0. The zero-order valence-corrected chi connectivity index (χ0v) is 8.88. The van der Waals surface area contributed by atoms with E-state index in [9.17, 15) is 0 Å². The molecule has 1 atom stereocenters. The molecule has 0 fully saturated rings. The van der Waals surface area contributed by atoms with E-state index < -0.39 is 0 Å². The topological polar surface area (TPSA) is 29.9 Å². The van der Waals surface area contributed by atoms with E-state index in [1.165, 1.54) is 0 Å². The van der Waals surface area contributed by atoms with E-state index in [4.69, 9.17) is 11.6 Å². The van der Waals surface area contributed by atoms with Crippen molar-refractivity contribution in [3.63, 3.8) is 0 Å². The molecule has 0 amide bonds. The second-order valence-electron chi connectivity index (χ2n) is 3.21. The Kier molecular flexibility index (Phi) is 4.25. The zero-order chi connectivity index (χ0) is 9.68. The van der Waals surface area contributed by atoms with Crippen LogP contribution in [0.3, 0.4) is 0 Å². The maximum Gasteiger partial charge on any atom is 0.109 e. The number of nitrogens with zero attached hydrogens (tertiary/aromatic N) is 2. The summed E-state index contributed by atoms with van der Waals surface area (Å²) < 4.78 is 2.03. The van der Waals surface area contributed by atoms with Crippen LogP contribution in [0.4, 0.5) is 0 Å². The van der Waals surface area contributed by atoms with Crippen LogP contribution >= 0.6 is 11.6 Å². The van der Waals surface area contributed by atoms with Crippen LogP contribution < -0.4 is 5.32 Å². The number of nitrogens with one attached hydrogen (secondary N) is 1. The Morgan fingerprint density at radius 1 is 1.69 bits per heavy atom. The lowest BCUT2D eigenvalue weighted by Crippen LogP contribution is -2.29. The second-order valence-corrected chi connectivity index (χ2v) is 3.52. The molecule has 1 unspecified atom stereocenters. The minimum Gasteiger partial charge on any atom is -0.338 e. The second kappa shape index (κ2) is 5.25. The molecular formula is C9H16ClN3. The first-order valence-corrected chi connectivity index (χ1v) is 5.03. The van der Waals surface area contributed by atoms with Gasteiger partial charge in [-0.1, -0.05) is 0 Å². The van der Waals surface area contributed by atoms with Crippen LogP contribution in [0.1, 0.15) is 12.7 Å². The van der Waals surface area contributed by atoms with Gasteiger partial charge in [-0.15, -0.1) is 11.6 Å². The minimum atomic E-state index is 0.377. The first kappa shape index (κ1) is 10.5. The van der Waals surface area contributed by atoms with Crippen molar-refractivity contribution >= 4 is 11.6 Å². The van der Waals surface area contributed by atoms with E-state index in [0.717, 1.165) is 18.8 Å². The molecule has 0 radical (unpaired) electrons. The zero-order valence-electron chi connectivity index (χ0n) is 8.13. The van der Waals surface area contributed by atoms with Crippen molar-refractivity contribution in [3.8, 4) is 0 Å². The van der Waals surface area contributed by atoms with Gasteiger partial charge in [-0.05, 0) is 6.92 Å². The fraction of sp³-hybridized carbons (Fsp3) is 0.667. The third-order valence-corrected chi connectivity index (χ3v) is 2.46. The Morgan fingerprint density at radius 3 is 3.00 bits per heavy atom. The summed E-state index contributed by atoms with van der Waals surface area (Å²) in [4.78, 5) is 4.23. The van der Waals surface area contributed by atoms with E-state index in [1.54, 1.807) is 0 Å². The molecule has 74 valence electrons. The number of halogens is 1. The number of hydrogen-bond donors (Lipinski definition) is 1. The molecule has 1 heterocycles. The van der Waals surface area contributed by atoms with Gasteiger partial charge in [-0.3, -0.25) is 0 Å². The minimum absolute atomic E-state index is 0.377. The van der Waals surface area contributed by atoms with Crippen LogP contribution in [-0.4, -0.2) is 28.0 Å². The van der Waals surface area contributed by atoms with Crippen molar-refractivity contribution in [2.24, 2.45) is 7.05 Å². The molecule has 3 nitrogen and oxygen atoms in total. The molecule has 0 saturated carbocycles. The standard InChI is InChI=1S/C9H16ClN3/c1-8(7-10)11-4-3-9-12-5-6-13(9)2/h5-6,8,11H,3-4,7H2,1-2H3. The van der Waals surface area contributed by atoms with Crippen LogP contribution in [0.15, 0.2) is 12.4 Å². The number of imidazole rings is 1. The molecule has 0 aliphatic carbocycles. The van der Waals surface area contributed by atoms with Gasteiger partial charge in [-0.2, -0.15) is 0 Å². The summed E-state index contributed by atoms with van der Waals surface area (Å²) in [6, 6.07) is 0.377. The lowest BCUT2D eigenvalue weighted by Gasteiger charge is -2.09. The number of hydrogen-bond acceptors (Lipinski definition) is 2. The van der Waals surface area contributed by atoms with Gasteiger partial charge in [0, 0.05) is 44.3 Å². The predicted octanol–water partition coefficient (Wildman–Crippen LogP) is 1.18. The third-order valence-electron chi connectivity index (χ3n) is 1.99. The van der Waals surface area contributed by atoms with Crippen LogP contribution in [0.2, 0.25) is 0 Å². The highest BCUT2D eigenvalue weighted by Crippen LogP contribution is 1.94. The van der Waals surface area contributed by atoms with Gasteiger partial charge in [0.15, 0.2) is 0 Å². The average Bonchev–Trinajstić information content (AvgIpc) is 2.52. The van der Waals surface area contributed by atoms with E-state index >= 15 is 0 Å². The number of aromatic nitrogens is 2. The van der Waals surface area contributed by atoms with E-state index in [0.29, 0.717) is 11.9 Å². The van der Waals surface area contributed by atoms with Gasteiger partial charge < -0.3 is 9.88 Å². The van der Waals surface area contributed by atoms with Gasteiger partial charge in [0.05, 0.1) is 0 Å². The normalized spacial score (nSPS) is 13.2. The predicted molar refractivity (Wildman–Crippen MR) is 55.1 cm³/mol. The molecule has 0 aliphatic heterocycles. The van der Waals surface area contributed by atoms with Crippen molar-refractivity contribution in [3.05, 3.63) is 18.2 Å². The molecule has 13 heavy (non-hydrogen) atoms. The molecule has 1 N–H and O–H groups in total. The van der Waals surface area contributed by atoms with Crippen molar-refractivity contribution in [2.75, 3.05) is 12.4 Å². The average molecular weight is 202 g/mol. The van der Waals surface area contributed by atoms with Crippen LogP contribution in [0.25, 0.3) is 0 Å². The molecular weight excluding hydrogens is 186 g/mol. The Hall–Kier alpha value is -0.540. The van der Waals surface area contributed by atoms with Gasteiger partial charge in [0.2, 0.25) is 0 Å². The monoisotopic (exact) mass is 201 g/mol. The number of aryl methyl sites for hydroxylation is 1. The smallest absolute Gasteiger partial charge is 0.109 e. The highest BCUT2D eigenvalue weighted by Gasteiger charge is 2.00. The van der Waals surface area contributed by atoms with Crippen molar-refractivity contribution in [1.82, 2.24) is 14.9 Å². The maximum absolute atomic E-state index is 5.66. The fourth-order valence-electron chi connectivity index (χ4n) is 1.12. The third kappa shape index (κ3) is 3.36. The summed E-state index contributed by atoms with van der Waals surface area (Å²) in [5.74, 6) is 1.76. The molecule has 1 aromatic heterocycles. The summed E-state index contributed by atoms with van der Waals surface area (Å²) in [5, 5.41) is 3.31. The largest absolute Gasteiger partial charge is 0.338 e. The van der Waals surface area contributed by atoms with Crippen molar-refractivity contribution in [2.45, 2.75) is 19.4 Å². The quantitative estimate of drug-likeness (QED) is 0.726. The van der Waals surface area contributed by atoms with Crippen molar-refractivity contribution in [1.29, 1.82) is 0 Å². The Morgan fingerprint density at radius 2 is 2.46 bits per heavy atom. The van der Waals surface area contributed by atoms with E-state index in [1.807, 2.05) is 24.0 Å². The first-order valence-electron chi connectivity index (χ1n) is 4.49. The first-order chi connectivity index (χ1) is 6.24. The Labute approximate surface area is 84.1 Å². The van der Waals surface area contributed by atoms with Gasteiger partial charge in [-0.25, -0.2) is 4.98 Å². The van der Waals surface area contributed by atoms with E-state index in [-0.39, 0.29) is 0 Å². The summed E-state index contributed by atoms with van der Waals surface area (Å²) in [6.45, 7) is 3.00. The van der Waals surface area contributed by atoms with Gasteiger partial charge >= 0.3 is 0 Å². The fourth-order valence-corrected chi connectivity index (χ4v) is 1.23. The van der Waals surface area contributed by atoms with Crippen molar-refractivity contribution < 1.29 is 0 Å². The molecule has 0 aromatic carbocycles. The molecule has 0 aliphatic rings. The molecule has 0 spiro atoms. The molecule has 4 heteroatoms. The summed E-state index contributed by atoms with van der Waals surface area (Å²) in [6.07, 6.45) is 4.73. The van der Waals surface area contributed by atoms with Gasteiger partial charge in [0.25, 0.3) is 0 Å². The lowest BCUT2D eigenvalue weighted by molar-refractivity contribution is 0.581. The Bertz CT molecular complexity index is 247.